The first kappa shape index (κ1) is 31.6. The number of carbonyl (C=O) groups is 1. The van der Waals surface area contributed by atoms with Gasteiger partial charge < -0.3 is 13.9 Å². The Kier molecular flexibility index (Phi) is 26.5. The summed E-state index contributed by atoms with van der Waals surface area (Å²) in [5.41, 5.74) is 0. The smallest absolute Gasteiger partial charge is 0.292 e. The highest BCUT2D eigenvalue weighted by Crippen LogP contribution is 2.15. The largest absolute Gasteiger partial charge is 0.525 e. The Morgan fingerprint density at radius 1 is 0.625 bits per heavy atom. The Bertz CT molecular complexity index is 373. The zero-order chi connectivity index (χ0) is 23.5. The first-order valence-corrected chi connectivity index (χ1v) is 15.7. The average molecular weight is 473 g/mol. The van der Waals surface area contributed by atoms with E-state index >= 15 is 0 Å². The van der Waals surface area contributed by atoms with Gasteiger partial charge >= 0.3 is 0 Å². The van der Waals surface area contributed by atoms with Crippen molar-refractivity contribution in [2.24, 2.45) is 0 Å². The van der Waals surface area contributed by atoms with Gasteiger partial charge in [0, 0.05) is 19.6 Å². The Labute approximate surface area is 202 Å². The molecule has 0 aliphatic carbocycles. The van der Waals surface area contributed by atoms with Crippen LogP contribution in [0.5, 0.6) is 0 Å². The van der Waals surface area contributed by atoms with Crippen LogP contribution in [0.1, 0.15) is 143 Å². The molecule has 0 fully saturated rings. The Morgan fingerprint density at radius 2 is 1.09 bits per heavy atom. The number of hydrogen-bond donors (Lipinski definition) is 0. The lowest BCUT2D eigenvalue weighted by atomic mass is 10.0. The molecular weight excluding hydrogens is 416 g/mol. The Hall–Kier alpha value is -0.393. The molecule has 0 aromatic carbocycles. The van der Waals surface area contributed by atoms with Gasteiger partial charge in [-0.2, -0.15) is 0 Å². The Balaban J connectivity index is 3.21. The van der Waals surface area contributed by atoms with Gasteiger partial charge in [-0.25, -0.2) is 0 Å². The fourth-order valence-electron chi connectivity index (χ4n) is 4.08. The average Bonchev–Trinajstić information content (AvgIpc) is 2.78. The quantitative estimate of drug-likeness (QED) is 0.0730. The van der Waals surface area contributed by atoms with E-state index < -0.39 is 9.76 Å². The lowest BCUT2D eigenvalue weighted by Gasteiger charge is -2.16. The van der Waals surface area contributed by atoms with E-state index in [-0.39, 0.29) is 12.3 Å². The van der Waals surface area contributed by atoms with Crippen LogP contribution in [0.15, 0.2) is 0 Å². The first-order chi connectivity index (χ1) is 15.7. The van der Waals surface area contributed by atoms with Crippen LogP contribution < -0.4 is 0 Å². The van der Waals surface area contributed by atoms with Crippen LogP contribution in [0.4, 0.5) is 0 Å². The molecule has 0 spiro atoms. The molecule has 0 heterocycles. The molecule has 0 amide bonds. The fraction of sp³-hybridized carbons (Fsp3) is 0.963. The molecule has 5 heteroatoms. The van der Waals surface area contributed by atoms with E-state index in [1.54, 1.807) is 0 Å². The number of hydrogen-bond acceptors (Lipinski definition) is 4. The van der Waals surface area contributed by atoms with Crippen molar-refractivity contribution in [2.75, 3.05) is 13.2 Å². The molecule has 0 saturated carbocycles. The van der Waals surface area contributed by atoms with Crippen LogP contribution in [0, 0.1) is 0 Å². The van der Waals surface area contributed by atoms with Gasteiger partial charge in [0.1, 0.15) is 0 Å². The van der Waals surface area contributed by atoms with Crippen molar-refractivity contribution in [1.29, 1.82) is 0 Å². The summed E-state index contributed by atoms with van der Waals surface area (Å²) < 4.78 is 16.6. The van der Waals surface area contributed by atoms with Gasteiger partial charge in [0.15, 0.2) is 6.29 Å². The van der Waals surface area contributed by atoms with Gasteiger partial charge in [0.05, 0.1) is 0 Å². The highest BCUT2D eigenvalue weighted by molar-refractivity contribution is 6.30. The predicted octanol–water partition coefficient (Wildman–Crippen LogP) is 7.86. The summed E-state index contributed by atoms with van der Waals surface area (Å²) in [4.78, 5) is 11.7. The van der Waals surface area contributed by atoms with Gasteiger partial charge in [-0.05, 0) is 39.2 Å². The molecule has 192 valence electrons. The summed E-state index contributed by atoms with van der Waals surface area (Å²) in [6.45, 7) is 7.75. The van der Waals surface area contributed by atoms with Crippen LogP contribution in [-0.2, 0) is 18.7 Å². The molecule has 4 nitrogen and oxygen atoms in total. The van der Waals surface area contributed by atoms with E-state index in [1.165, 1.54) is 103 Å². The third kappa shape index (κ3) is 24.3. The topological polar surface area (TPSA) is 44.8 Å². The second-order valence-electron chi connectivity index (χ2n) is 9.11. The standard InChI is InChI=1S/C27H56O4Si/c1-4-7-22-25-32-31-26(28)23-20-18-16-14-12-10-8-9-11-13-15-17-19-21-24-27(29-5-2)30-6-3/h27H,4-25,32H2,1-3H3. The van der Waals surface area contributed by atoms with E-state index in [1.807, 2.05) is 13.8 Å². The molecule has 0 aliphatic heterocycles. The van der Waals surface area contributed by atoms with Crippen LogP contribution >= 0.6 is 0 Å². The van der Waals surface area contributed by atoms with Gasteiger partial charge in [-0.1, -0.05) is 103 Å². The summed E-state index contributed by atoms with van der Waals surface area (Å²) >= 11 is 0. The minimum Gasteiger partial charge on any atom is -0.525 e. The maximum atomic E-state index is 11.7. The normalized spacial score (nSPS) is 11.8. The van der Waals surface area contributed by atoms with Gasteiger partial charge in [0.2, 0.25) is 9.76 Å². The first-order valence-electron chi connectivity index (χ1n) is 14.1. The Morgan fingerprint density at radius 3 is 1.56 bits per heavy atom. The zero-order valence-corrected chi connectivity index (χ0v) is 23.4. The third-order valence-corrected chi connectivity index (χ3v) is 7.35. The van der Waals surface area contributed by atoms with Gasteiger partial charge in [-0.3, -0.25) is 4.79 Å². The lowest BCUT2D eigenvalue weighted by Crippen LogP contribution is -2.17. The van der Waals surface area contributed by atoms with Crippen molar-refractivity contribution in [3.8, 4) is 0 Å². The third-order valence-electron chi connectivity index (χ3n) is 6.04. The van der Waals surface area contributed by atoms with E-state index in [2.05, 4.69) is 6.92 Å². The summed E-state index contributed by atoms with van der Waals surface area (Å²) in [5.74, 6) is 0.0633. The van der Waals surface area contributed by atoms with Crippen LogP contribution in [0.25, 0.3) is 0 Å². The summed E-state index contributed by atoms with van der Waals surface area (Å²) in [6.07, 6.45) is 23.8. The number of rotatable bonds is 26. The van der Waals surface area contributed by atoms with Crippen molar-refractivity contribution in [3.05, 3.63) is 0 Å². The molecule has 32 heavy (non-hydrogen) atoms. The zero-order valence-electron chi connectivity index (χ0n) is 22.0. The molecule has 0 aromatic rings. The van der Waals surface area contributed by atoms with Crippen molar-refractivity contribution in [2.45, 2.75) is 155 Å². The second kappa shape index (κ2) is 26.9. The molecule has 0 unspecified atom stereocenters. The lowest BCUT2D eigenvalue weighted by molar-refractivity contribution is -0.140. The van der Waals surface area contributed by atoms with E-state index in [9.17, 15) is 4.79 Å². The maximum Gasteiger partial charge on any atom is 0.292 e. The number of unbranched alkanes of at least 4 members (excludes halogenated alkanes) is 15. The van der Waals surface area contributed by atoms with Crippen LogP contribution in [-0.4, -0.2) is 35.2 Å². The molecule has 0 aromatic heterocycles. The van der Waals surface area contributed by atoms with E-state index in [4.69, 9.17) is 13.9 Å². The predicted molar refractivity (Wildman–Crippen MR) is 140 cm³/mol. The minimum atomic E-state index is -0.588. The minimum absolute atomic E-state index is 0.00751. The van der Waals surface area contributed by atoms with Crippen molar-refractivity contribution >= 4 is 15.7 Å². The molecule has 0 radical (unpaired) electrons. The molecule has 0 N–H and O–H groups in total. The molecule has 0 saturated heterocycles. The fourth-order valence-corrected chi connectivity index (χ4v) is 5.15. The SMILES string of the molecule is CCCCC[SiH2]OC(=O)CCCCCCCCCCCCCCCCC(OCC)OCC. The molecular formula is C27H56O4Si. The maximum absolute atomic E-state index is 11.7. The number of ether oxygens (including phenoxy) is 2. The van der Waals surface area contributed by atoms with Crippen molar-refractivity contribution in [3.63, 3.8) is 0 Å². The van der Waals surface area contributed by atoms with Gasteiger partial charge in [0.25, 0.3) is 5.97 Å². The summed E-state index contributed by atoms with van der Waals surface area (Å²) in [7, 11) is -0.588. The molecule has 0 atom stereocenters. The van der Waals surface area contributed by atoms with Crippen molar-refractivity contribution < 1.29 is 18.7 Å². The monoisotopic (exact) mass is 472 g/mol. The molecule has 0 aliphatic rings. The summed E-state index contributed by atoms with van der Waals surface area (Å²) in [6, 6.07) is 1.16. The second-order valence-corrected chi connectivity index (χ2v) is 10.5. The molecule has 0 rings (SSSR count). The highest BCUT2D eigenvalue weighted by atomic mass is 28.2. The van der Waals surface area contributed by atoms with Crippen LogP contribution in [0.3, 0.4) is 0 Å². The number of carbonyl (C=O) groups excluding carboxylic acids is 1. The van der Waals surface area contributed by atoms with Crippen molar-refractivity contribution in [1.82, 2.24) is 0 Å². The van der Waals surface area contributed by atoms with E-state index in [0.29, 0.717) is 6.42 Å². The van der Waals surface area contributed by atoms with E-state index in [0.717, 1.165) is 32.1 Å². The van der Waals surface area contributed by atoms with Gasteiger partial charge in [-0.15, -0.1) is 0 Å². The summed E-state index contributed by atoms with van der Waals surface area (Å²) in [5, 5.41) is 0. The highest BCUT2D eigenvalue weighted by Gasteiger charge is 2.06. The van der Waals surface area contributed by atoms with Crippen LogP contribution in [0.2, 0.25) is 6.04 Å². The molecule has 0 bridgehead atoms.